The van der Waals surface area contributed by atoms with Gasteiger partial charge in [-0.1, -0.05) is 20.8 Å². The third-order valence-electron chi connectivity index (χ3n) is 3.73. The Bertz CT molecular complexity index is 298. The number of hydrogen-bond donors (Lipinski definition) is 1. The Morgan fingerprint density at radius 2 is 2.06 bits per heavy atom. The predicted molar refractivity (Wildman–Crippen MR) is 64.7 cm³/mol. The highest BCUT2D eigenvalue weighted by Gasteiger charge is 2.44. The fourth-order valence-corrected chi connectivity index (χ4v) is 2.59. The summed E-state index contributed by atoms with van der Waals surface area (Å²) < 4.78 is 11.2. The zero-order valence-corrected chi connectivity index (χ0v) is 11.2. The number of ketones is 1. The first kappa shape index (κ1) is 13.0. The Kier molecular flexibility index (Phi) is 3.57. The van der Waals surface area contributed by atoms with Gasteiger partial charge in [0.2, 0.25) is 0 Å². The van der Waals surface area contributed by atoms with Crippen molar-refractivity contribution in [3.8, 4) is 0 Å². The summed E-state index contributed by atoms with van der Waals surface area (Å²) in [5, 5.41) is 3.32. The summed E-state index contributed by atoms with van der Waals surface area (Å²) in [6, 6.07) is 0.317. The molecule has 1 saturated carbocycles. The van der Waals surface area contributed by atoms with Crippen LogP contribution in [0.15, 0.2) is 0 Å². The summed E-state index contributed by atoms with van der Waals surface area (Å²) in [5.74, 6) is 0.140. The van der Waals surface area contributed by atoms with Gasteiger partial charge in [0, 0.05) is 25.0 Å². The van der Waals surface area contributed by atoms with Crippen LogP contribution in [-0.4, -0.2) is 37.4 Å². The Labute approximate surface area is 103 Å². The van der Waals surface area contributed by atoms with Gasteiger partial charge in [0.1, 0.15) is 0 Å². The quantitative estimate of drug-likeness (QED) is 0.795. The first-order chi connectivity index (χ1) is 7.91. The molecule has 2 rings (SSSR count). The van der Waals surface area contributed by atoms with Crippen molar-refractivity contribution in [1.82, 2.24) is 5.32 Å². The smallest absolute Gasteiger partial charge is 0.181 e. The molecule has 1 aliphatic carbocycles. The second-order valence-corrected chi connectivity index (χ2v) is 6.11. The van der Waals surface area contributed by atoms with Gasteiger partial charge in [-0.3, -0.25) is 10.1 Å². The van der Waals surface area contributed by atoms with Crippen LogP contribution in [0.25, 0.3) is 0 Å². The molecule has 1 heterocycles. The summed E-state index contributed by atoms with van der Waals surface area (Å²) in [6.07, 6.45) is 2.94. The molecule has 1 N–H and O–H groups in total. The Hall–Kier alpha value is -0.450. The van der Waals surface area contributed by atoms with E-state index in [1.807, 2.05) is 20.8 Å². The van der Waals surface area contributed by atoms with Crippen LogP contribution in [0.1, 0.15) is 40.0 Å². The number of carbonyl (C=O) groups excluding carboxylic acids is 1. The summed E-state index contributed by atoms with van der Waals surface area (Å²) in [5.41, 5.74) is -0.355. The van der Waals surface area contributed by atoms with Crippen molar-refractivity contribution in [3.05, 3.63) is 0 Å². The summed E-state index contributed by atoms with van der Waals surface area (Å²) in [4.78, 5) is 12.1. The van der Waals surface area contributed by atoms with Crippen LogP contribution in [0.4, 0.5) is 0 Å². The topological polar surface area (TPSA) is 47.6 Å². The molecule has 2 fully saturated rings. The van der Waals surface area contributed by atoms with Gasteiger partial charge in [-0.05, 0) is 12.8 Å². The van der Waals surface area contributed by atoms with Crippen LogP contribution < -0.4 is 5.32 Å². The Morgan fingerprint density at radius 1 is 1.35 bits per heavy atom. The average molecular weight is 241 g/mol. The highest BCUT2D eigenvalue weighted by molar-refractivity contribution is 5.87. The molecule has 4 heteroatoms. The molecule has 0 bridgehead atoms. The number of fused-ring (bicyclic) bond motifs is 1. The van der Waals surface area contributed by atoms with Gasteiger partial charge >= 0.3 is 0 Å². The summed E-state index contributed by atoms with van der Waals surface area (Å²) in [6.45, 7) is 5.79. The number of methoxy groups -OCH3 is 1. The predicted octanol–water partition coefficient (Wildman–Crippen LogP) is 1.48. The van der Waals surface area contributed by atoms with Gasteiger partial charge in [-0.25, -0.2) is 0 Å². The Morgan fingerprint density at radius 3 is 2.65 bits per heavy atom. The number of hydrogen-bond acceptors (Lipinski definition) is 4. The molecular formula is C13H23NO3. The summed E-state index contributed by atoms with van der Waals surface area (Å²) in [7, 11) is 1.74. The molecule has 1 aliphatic heterocycles. The molecule has 0 radical (unpaired) electrons. The molecule has 17 heavy (non-hydrogen) atoms. The van der Waals surface area contributed by atoms with Crippen LogP contribution in [0.3, 0.4) is 0 Å². The van der Waals surface area contributed by atoms with Gasteiger partial charge in [0.15, 0.2) is 12.0 Å². The lowest BCUT2D eigenvalue weighted by molar-refractivity contribution is -0.139. The molecule has 4 unspecified atom stereocenters. The van der Waals surface area contributed by atoms with E-state index in [9.17, 15) is 4.79 Å². The van der Waals surface area contributed by atoms with E-state index in [-0.39, 0.29) is 23.4 Å². The monoisotopic (exact) mass is 241 g/mol. The van der Waals surface area contributed by atoms with Gasteiger partial charge in [-0.2, -0.15) is 0 Å². The van der Waals surface area contributed by atoms with Crippen LogP contribution >= 0.6 is 0 Å². The molecule has 4 nitrogen and oxygen atoms in total. The molecule has 2 aliphatic rings. The first-order valence-electron chi connectivity index (χ1n) is 6.40. The number of ether oxygens (including phenoxy) is 2. The number of nitrogens with one attached hydrogen (secondary N) is 1. The maximum atomic E-state index is 12.1. The third-order valence-corrected chi connectivity index (χ3v) is 3.73. The molecule has 98 valence electrons. The third kappa shape index (κ3) is 2.69. The molecule has 4 atom stereocenters. The maximum absolute atomic E-state index is 12.1. The van der Waals surface area contributed by atoms with Crippen molar-refractivity contribution in [2.24, 2.45) is 5.41 Å². The van der Waals surface area contributed by atoms with Crippen molar-refractivity contribution in [3.63, 3.8) is 0 Å². The number of rotatable bonds is 2. The second kappa shape index (κ2) is 4.67. The van der Waals surface area contributed by atoms with Crippen molar-refractivity contribution in [2.45, 2.75) is 64.5 Å². The van der Waals surface area contributed by atoms with Gasteiger partial charge in [-0.15, -0.1) is 0 Å². The molecule has 0 aromatic rings. The van der Waals surface area contributed by atoms with Crippen molar-refractivity contribution >= 4 is 5.78 Å². The normalized spacial score (nSPS) is 37.9. The van der Waals surface area contributed by atoms with Crippen LogP contribution in [0.5, 0.6) is 0 Å². The van der Waals surface area contributed by atoms with Crippen LogP contribution in [-0.2, 0) is 14.3 Å². The van der Waals surface area contributed by atoms with E-state index < -0.39 is 6.23 Å². The lowest BCUT2D eigenvalue weighted by Gasteiger charge is -2.29. The van der Waals surface area contributed by atoms with E-state index >= 15 is 0 Å². The van der Waals surface area contributed by atoms with Crippen LogP contribution in [0.2, 0.25) is 0 Å². The zero-order valence-electron chi connectivity index (χ0n) is 11.2. The van der Waals surface area contributed by atoms with Gasteiger partial charge < -0.3 is 9.47 Å². The lowest BCUT2D eigenvalue weighted by atomic mass is 9.89. The van der Waals surface area contributed by atoms with E-state index in [0.29, 0.717) is 6.04 Å². The van der Waals surface area contributed by atoms with E-state index in [2.05, 4.69) is 5.32 Å². The fourth-order valence-electron chi connectivity index (χ4n) is 2.59. The molecule has 0 aromatic heterocycles. The van der Waals surface area contributed by atoms with Gasteiger partial charge in [0.25, 0.3) is 0 Å². The highest BCUT2D eigenvalue weighted by Crippen LogP contribution is 2.31. The van der Waals surface area contributed by atoms with E-state index in [0.717, 1.165) is 19.3 Å². The van der Waals surface area contributed by atoms with Crippen LogP contribution in [0, 0.1) is 5.41 Å². The molecule has 1 saturated heterocycles. The molecule has 0 aromatic carbocycles. The van der Waals surface area contributed by atoms with Gasteiger partial charge in [0.05, 0.1) is 12.2 Å². The molecule has 0 spiro atoms. The maximum Gasteiger partial charge on any atom is 0.181 e. The van der Waals surface area contributed by atoms with Crippen molar-refractivity contribution in [1.29, 1.82) is 0 Å². The SMILES string of the molecule is COC1CCC2NC(C(=O)C(C)(C)C)OC2C1. The standard InChI is InChI=1S/C13H23NO3/c1-13(2,3)11(15)12-14-9-6-5-8(16-4)7-10(9)17-12/h8-10,12,14H,5-7H2,1-4H3. The minimum Gasteiger partial charge on any atom is -0.381 e. The zero-order chi connectivity index (χ0) is 12.6. The molecular weight excluding hydrogens is 218 g/mol. The highest BCUT2D eigenvalue weighted by atomic mass is 16.5. The van der Waals surface area contributed by atoms with E-state index in [1.54, 1.807) is 7.11 Å². The molecule has 0 amide bonds. The Balaban J connectivity index is 1.97. The average Bonchev–Trinajstić information content (AvgIpc) is 2.68. The fraction of sp³-hybridized carbons (Fsp3) is 0.923. The van der Waals surface area contributed by atoms with E-state index in [1.165, 1.54) is 0 Å². The van der Waals surface area contributed by atoms with Crippen molar-refractivity contribution < 1.29 is 14.3 Å². The van der Waals surface area contributed by atoms with E-state index in [4.69, 9.17) is 9.47 Å². The van der Waals surface area contributed by atoms with Crippen molar-refractivity contribution in [2.75, 3.05) is 7.11 Å². The minimum absolute atomic E-state index is 0.130. The summed E-state index contributed by atoms with van der Waals surface area (Å²) >= 11 is 0. The minimum atomic E-state index is -0.430. The number of carbonyl (C=O) groups is 1. The second-order valence-electron chi connectivity index (χ2n) is 6.11. The number of Topliss-reactive ketones (excluding diaryl/α,β-unsaturated/α-hetero) is 1. The largest absolute Gasteiger partial charge is 0.381 e. The lowest BCUT2D eigenvalue weighted by Crippen LogP contribution is -2.43. The first-order valence-corrected chi connectivity index (χ1v) is 6.40.